The van der Waals surface area contributed by atoms with Gasteiger partial charge in [-0.25, -0.2) is 4.79 Å². The number of aromatic hydroxyl groups is 1. The average Bonchev–Trinajstić information content (AvgIpc) is 3.07. The molecule has 0 saturated carbocycles. The summed E-state index contributed by atoms with van der Waals surface area (Å²) in [6.45, 7) is 1.93. The number of halogens is 3. The first-order valence-electron chi connectivity index (χ1n) is 9.00. The molecule has 0 bridgehead atoms. The zero-order valence-electron chi connectivity index (χ0n) is 15.6. The second kappa shape index (κ2) is 8.95. The Hall–Kier alpha value is -3.40. The quantitative estimate of drug-likeness (QED) is 0.578. The summed E-state index contributed by atoms with van der Waals surface area (Å²) in [6, 6.07) is 13.1. The van der Waals surface area contributed by atoms with Crippen LogP contribution in [0.15, 0.2) is 47.0 Å². The Balaban J connectivity index is 0.000000318. The zero-order valence-corrected chi connectivity index (χ0v) is 15.6. The first-order valence-corrected chi connectivity index (χ1v) is 9.00. The van der Waals surface area contributed by atoms with Gasteiger partial charge in [-0.2, -0.15) is 18.2 Å². The Morgan fingerprint density at radius 1 is 1.07 bits per heavy atom. The Morgan fingerprint density at radius 2 is 1.73 bits per heavy atom. The number of nitrogens with zero attached hydrogens (tertiary/aromatic N) is 2. The zero-order chi connectivity index (χ0) is 21.7. The molecule has 1 aliphatic rings. The van der Waals surface area contributed by atoms with Crippen LogP contribution >= 0.6 is 0 Å². The molecule has 3 aromatic rings. The monoisotopic (exact) mass is 421 g/mol. The second-order valence-corrected chi connectivity index (χ2v) is 6.54. The molecule has 7 nitrogen and oxygen atoms in total. The number of phenols is 1. The second-order valence-electron chi connectivity index (χ2n) is 6.54. The Kier molecular flexibility index (Phi) is 6.36. The lowest BCUT2D eigenvalue weighted by molar-refractivity contribution is -0.192. The molecule has 4 rings (SSSR count). The molecule has 0 radical (unpaired) electrons. The van der Waals surface area contributed by atoms with Crippen molar-refractivity contribution in [3.05, 3.63) is 53.6 Å². The highest BCUT2D eigenvalue weighted by Gasteiger charge is 2.38. The SMILES string of the molecule is O=C(O)C(F)(F)F.Oc1ccc(-c2noc(-c3ccc4c(c3)CNCCC4)n2)cc1. The highest BCUT2D eigenvalue weighted by Crippen LogP contribution is 2.26. The summed E-state index contributed by atoms with van der Waals surface area (Å²) < 4.78 is 37.1. The molecule has 10 heteroatoms. The number of benzene rings is 2. The molecule has 0 amide bonds. The molecule has 0 saturated heterocycles. The molecular formula is C20H18F3N3O4. The maximum absolute atomic E-state index is 10.6. The van der Waals surface area contributed by atoms with Crippen LogP contribution in [-0.2, 0) is 17.8 Å². The number of alkyl halides is 3. The van der Waals surface area contributed by atoms with Crippen LogP contribution in [0.1, 0.15) is 17.5 Å². The van der Waals surface area contributed by atoms with E-state index in [9.17, 15) is 18.3 Å². The highest BCUT2D eigenvalue weighted by atomic mass is 19.4. The van der Waals surface area contributed by atoms with E-state index in [0.717, 1.165) is 37.1 Å². The van der Waals surface area contributed by atoms with E-state index in [1.54, 1.807) is 24.3 Å². The van der Waals surface area contributed by atoms with Crippen molar-refractivity contribution in [1.82, 2.24) is 15.5 Å². The number of fused-ring (bicyclic) bond motifs is 1. The maximum Gasteiger partial charge on any atom is 0.490 e. The lowest BCUT2D eigenvalue weighted by Gasteiger charge is -2.06. The number of hydrogen-bond donors (Lipinski definition) is 3. The average molecular weight is 421 g/mol. The van der Waals surface area contributed by atoms with Gasteiger partial charge in [-0.05, 0) is 66.9 Å². The van der Waals surface area contributed by atoms with Crippen molar-refractivity contribution in [1.29, 1.82) is 0 Å². The van der Waals surface area contributed by atoms with Crippen molar-refractivity contribution in [3.8, 4) is 28.6 Å². The van der Waals surface area contributed by atoms with Crippen LogP contribution in [0.25, 0.3) is 22.8 Å². The van der Waals surface area contributed by atoms with E-state index in [4.69, 9.17) is 14.4 Å². The van der Waals surface area contributed by atoms with Gasteiger partial charge in [0.15, 0.2) is 0 Å². The van der Waals surface area contributed by atoms with Gasteiger partial charge in [0.2, 0.25) is 5.82 Å². The number of hydrogen-bond acceptors (Lipinski definition) is 6. The molecule has 0 unspecified atom stereocenters. The summed E-state index contributed by atoms with van der Waals surface area (Å²) in [5.41, 5.74) is 4.43. The molecule has 158 valence electrons. The van der Waals surface area contributed by atoms with Crippen molar-refractivity contribution >= 4 is 5.97 Å². The predicted octanol–water partition coefficient (Wildman–Crippen LogP) is 3.78. The fraction of sp³-hybridized carbons (Fsp3) is 0.250. The first kappa shape index (κ1) is 21.3. The molecular weight excluding hydrogens is 403 g/mol. The topological polar surface area (TPSA) is 108 Å². The van der Waals surface area contributed by atoms with E-state index < -0.39 is 12.1 Å². The molecule has 30 heavy (non-hydrogen) atoms. The maximum atomic E-state index is 10.6. The minimum atomic E-state index is -5.08. The van der Waals surface area contributed by atoms with Gasteiger partial charge >= 0.3 is 12.1 Å². The molecule has 0 aliphatic carbocycles. The smallest absolute Gasteiger partial charge is 0.490 e. The lowest BCUT2D eigenvalue weighted by Crippen LogP contribution is -2.21. The number of carbonyl (C=O) groups is 1. The van der Waals surface area contributed by atoms with Crippen molar-refractivity contribution < 1.29 is 32.7 Å². The van der Waals surface area contributed by atoms with Crippen LogP contribution in [0.2, 0.25) is 0 Å². The van der Waals surface area contributed by atoms with Gasteiger partial charge in [0.25, 0.3) is 5.89 Å². The number of aliphatic carboxylic acids is 1. The number of rotatable bonds is 2. The van der Waals surface area contributed by atoms with Gasteiger partial charge in [-0.15, -0.1) is 0 Å². The van der Waals surface area contributed by atoms with Crippen LogP contribution in [0.5, 0.6) is 5.75 Å². The Bertz CT molecular complexity index is 1020. The van der Waals surface area contributed by atoms with Crippen LogP contribution in [0.4, 0.5) is 13.2 Å². The molecule has 0 atom stereocenters. The lowest BCUT2D eigenvalue weighted by atomic mass is 10.0. The Labute approximate surface area is 169 Å². The molecule has 3 N–H and O–H groups in total. The summed E-state index contributed by atoms with van der Waals surface area (Å²) in [4.78, 5) is 13.4. The van der Waals surface area contributed by atoms with Gasteiger partial charge in [0, 0.05) is 17.7 Å². The van der Waals surface area contributed by atoms with Crippen LogP contribution < -0.4 is 5.32 Å². The van der Waals surface area contributed by atoms with Crippen molar-refractivity contribution in [2.24, 2.45) is 0 Å². The molecule has 1 aromatic heterocycles. The third-order valence-corrected chi connectivity index (χ3v) is 4.36. The number of carboxylic acid groups (broad SMARTS) is 1. The largest absolute Gasteiger partial charge is 0.508 e. The third-order valence-electron chi connectivity index (χ3n) is 4.36. The summed E-state index contributed by atoms with van der Waals surface area (Å²) in [7, 11) is 0. The molecule has 2 aromatic carbocycles. The van der Waals surface area contributed by atoms with Gasteiger partial charge in [-0.1, -0.05) is 11.2 Å². The van der Waals surface area contributed by atoms with E-state index in [0.29, 0.717) is 11.7 Å². The Morgan fingerprint density at radius 3 is 2.40 bits per heavy atom. The number of phenolic OH excluding ortho intramolecular Hbond substituents is 1. The third kappa shape index (κ3) is 5.35. The number of nitrogens with one attached hydrogen (secondary N) is 1. The van der Waals surface area contributed by atoms with Gasteiger partial charge in [0.1, 0.15) is 5.75 Å². The predicted molar refractivity (Wildman–Crippen MR) is 101 cm³/mol. The van der Waals surface area contributed by atoms with E-state index in [-0.39, 0.29) is 5.75 Å². The number of aryl methyl sites for hydroxylation is 1. The van der Waals surface area contributed by atoms with E-state index in [2.05, 4.69) is 27.6 Å². The van der Waals surface area contributed by atoms with E-state index >= 15 is 0 Å². The summed E-state index contributed by atoms with van der Waals surface area (Å²) in [5, 5.41) is 23.9. The van der Waals surface area contributed by atoms with Crippen molar-refractivity contribution in [2.75, 3.05) is 6.54 Å². The molecule has 0 fully saturated rings. The van der Waals surface area contributed by atoms with E-state index in [1.165, 1.54) is 11.1 Å². The fourth-order valence-electron chi connectivity index (χ4n) is 2.86. The van der Waals surface area contributed by atoms with Crippen LogP contribution in [-0.4, -0.2) is 39.0 Å². The number of aromatic nitrogens is 2. The molecule has 1 aliphatic heterocycles. The summed E-state index contributed by atoms with van der Waals surface area (Å²) in [6.07, 6.45) is -2.82. The van der Waals surface area contributed by atoms with Gasteiger partial charge in [-0.3, -0.25) is 0 Å². The minimum Gasteiger partial charge on any atom is -0.508 e. The summed E-state index contributed by atoms with van der Waals surface area (Å²) in [5.74, 6) is -1.50. The van der Waals surface area contributed by atoms with E-state index in [1.807, 2.05) is 6.07 Å². The minimum absolute atomic E-state index is 0.218. The van der Waals surface area contributed by atoms with Crippen molar-refractivity contribution in [2.45, 2.75) is 25.6 Å². The molecule has 0 spiro atoms. The standard InChI is InChI=1S/C18H17N3O2.C2HF3O2/c22-16-7-5-13(6-8-16)17-20-18(23-21-17)14-4-3-12-2-1-9-19-11-15(12)10-14;3-2(4,5)1(6)7/h3-8,10,19,22H,1-2,9,11H2;(H,6,7). The van der Waals surface area contributed by atoms with Gasteiger partial charge < -0.3 is 20.1 Å². The van der Waals surface area contributed by atoms with Gasteiger partial charge in [0.05, 0.1) is 0 Å². The van der Waals surface area contributed by atoms with Crippen LogP contribution in [0.3, 0.4) is 0 Å². The molecule has 2 heterocycles. The summed E-state index contributed by atoms with van der Waals surface area (Å²) >= 11 is 0. The fourth-order valence-corrected chi connectivity index (χ4v) is 2.86. The van der Waals surface area contributed by atoms with Crippen LogP contribution in [0, 0.1) is 0 Å². The highest BCUT2D eigenvalue weighted by molar-refractivity contribution is 5.73. The normalized spacial score (nSPS) is 13.6. The first-order chi connectivity index (χ1) is 14.2. The van der Waals surface area contributed by atoms with Crippen molar-refractivity contribution in [3.63, 3.8) is 0 Å². The number of carboxylic acids is 1.